The zero-order valence-corrected chi connectivity index (χ0v) is 9.59. The Bertz CT molecular complexity index is 535. The quantitative estimate of drug-likeness (QED) is 0.457. The molecule has 0 bridgehead atoms. The summed E-state index contributed by atoms with van der Waals surface area (Å²) in [7, 11) is 0. The van der Waals surface area contributed by atoms with E-state index in [1.807, 2.05) is 18.2 Å². The van der Waals surface area contributed by atoms with E-state index < -0.39 is 0 Å². The first-order valence-electron chi connectivity index (χ1n) is 5.45. The summed E-state index contributed by atoms with van der Waals surface area (Å²) < 4.78 is 0.806. The van der Waals surface area contributed by atoms with Crippen molar-refractivity contribution >= 4 is 5.78 Å². The molecule has 17 heavy (non-hydrogen) atoms. The number of carbonyl (C=O) groups is 1. The molecule has 2 rings (SSSR count). The van der Waals surface area contributed by atoms with Gasteiger partial charge in [-0.15, -0.1) is 0 Å². The lowest BCUT2D eigenvalue weighted by Crippen LogP contribution is -2.36. The summed E-state index contributed by atoms with van der Waals surface area (Å²) in [5, 5.41) is 11.7. The van der Waals surface area contributed by atoms with Crippen molar-refractivity contribution in [3.8, 4) is 0 Å². The van der Waals surface area contributed by atoms with Crippen LogP contribution in [0.3, 0.4) is 0 Å². The van der Waals surface area contributed by atoms with E-state index in [4.69, 9.17) is 0 Å². The van der Waals surface area contributed by atoms with E-state index in [-0.39, 0.29) is 12.2 Å². The summed E-state index contributed by atoms with van der Waals surface area (Å²) in [5.41, 5.74) is 1.72. The van der Waals surface area contributed by atoms with Crippen molar-refractivity contribution < 1.29 is 9.52 Å². The standard InChI is InChI=1S/C14H13NO2/c1-11-6-5-9-13(15(11)17)10-14(16)12-7-3-2-4-8-12/h2-9H,10H2,1H3. The zero-order chi connectivity index (χ0) is 12.3. The predicted molar refractivity (Wildman–Crippen MR) is 64.6 cm³/mol. The molecule has 2 aromatic rings. The maximum atomic E-state index is 11.9. The molecule has 0 saturated heterocycles. The van der Waals surface area contributed by atoms with Gasteiger partial charge in [-0.3, -0.25) is 4.79 Å². The van der Waals surface area contributed by atoms with Crippen molar-refractivity contribution in [1.29, 1.82) is 0 Å². The molecule has 1 heterocycles. The number of Topliss-reactive ketones (excluding diaryl/α,β-unsaturated/α-hetero) is 1. The number of rotatable bonds is 3. The highest BCUT2D eigenvalue weighted by molar-refractivity contribution is 5.97. The van der Waals surface area contributed by atoms with Gasteiger partial charge in [0.1, 0.15) is 0 Å². The molecule has 0 amide bonds. The number of aryl methyl sites for hydroxylation is 1. The van der Waals surface area contributed by atoms with Crippen molar-refractivity contribution in [2.24, 2.45) is 0 Å². The van der Waals surface area contributed by atoms with E-state index >= 15 is 0 Å². The second kappa shape index (κ2) is 4.78. The van der Waals surface area contributed by atoms with Crippen molar-refractivity contribution in [2.75, 3.05) is 0 Å². The Kier molecular flexibility index (Phi) is 3.19. The highest BCUT2D eigenvalue weighted by Crippen LogP contribution is 2.05. The van der Waals surface area contributed by atoms with Crippen LogP contribution < -0.4 is 4.73 Å². The molecule has 0 aliphatic rings. The highest BCUT2D eigenvalue weighted by atomic mass is 16.5. The molecule has 1 aromatic carbocycles. The van der Waals surface area contributed by atoms with Crippen molar-refractivity contribution in [2.45, 2.75) is 13.3 Å². The van der Waals surface area contributed by atoms with Crippen molar-refractivity contribution in [1.82, 2.24) is 0 Å². The first-order chi connectivity index (χ1) is 8.18. The first-order valence-corrected chi connectivity index (χ1v) is 5.45. The Morgan fingerprint density at radius 1 is 1.12 bits per heavy atom. The van der Waals surface area contributed by atoms with E-state index in [1.54, 1.807) is 37.3 Å². The van der Waals surface area contributed by atoms with Gasteiger partial charge in [0.15, 0.2) is 11.5 Å². The lowest BCUT2D eigenvalue weighted by Gasteiger charge is -2.06. The SMILES string of the molecule is Cc1cccc(CC(=O)c2ccccc2)[n+]1[O-]. The Morgan fingerprint density at radius 3 is 2.53 bits per heavy atom. The number of ketones is 1. The van der Waals surface area contributed by atoms with Crippen LogP contribution >= 0.6 is 0 Å². The lowest BCUT2D eigenvalue weighted by molar-refractivity contribution is -0.620. The van der Waals surface area contributed by atoms with Gasteiger partial charge in [-0.2, -0.15) is 4.73 Å². The van der Waals surface area contributed by atoms with Crippen LogP contribution in [-0.2, 0) is 6.42 Å². The van der Waals surface area contributed by atoms with E-state index in [2.05, 4.69) is 0 Å². The van der Waals surface area contributed by atoms with E-state index in [0.717, 1.165) is 4.73 Å². The van der Waals surface area contributed by atoms with Gasteiger partial charge in [-0.05, 0) is 6.07 Å². The van der Waals surface area contributed by atoms with Gasteiger partial charge in [0, 0.05) is 24.6 Å². The van der Waals surface area contributed by atoms with Gasteiger partial charge in [0.05, 0.1) is 6.42 Å². The monoisotopic (exact) mass is 227 g/mol. The molecular weight excluding hydrogens is 214 g/mol. The van der Waals surface area contributed by atoms with E-state index in [1.165, 1.54) is 0 Å². The van der Waals surface area contributed by atoms with Crippen LogP contribution in [-0.4, -0.2) is 5.78 Å². The Labute approximate surface area is 99.9 Å². The largest absolute Gasteiger partial charge is 0.618 e. The normalized spacial score (nSPS) is 10.2. The minimum absolute atomic E-state index is 0.0409. The molecule has 0 radical (unpaired) electrons. The molecule has 0 spiro atoms. The summed E-state index contributed by atoms with van der Waals surface area (Å²) in [6.45, 7) is 1.73. The number of hydrogen-bond donors (Lipinski definition) is 0. The average molecular weight is 227 g/mol. The van der Waals surface area contributed by atoms with Gasteiger partial charge in [0.25, 0.3) is 0 Å². The van der Waals surface area contributed by atoms with Gasteiger partial charge in [-0.25, -0.2) is 0 Å². The second-order valence-electron chi connectivity index (χ2n) is 3.92. The molecular formula is C14H13NO2. The highest BCUT2D eigenvalue weighted by Gasteiger charge is 2.13. The fourth-order valence-corrected chi connectivity index (χ4v) is 1.68. The molecule has 0 unspecified atom stereocenters. The molecule has 0 saturated carbocycles. The fraction of sp³-hybridized carbons (Fsp3) is 0.143. The smallest absolute Gasteiger partial charge is 0.200 e. The maximum absolute atomic E-state index is 11.9. The van der Waals surface area contributed by atoms with Crippen LogP contribution in [0.25, 0.3) is 0 Å². The lowest BCUT2D eigenvalue weighted by atomic mass is 10.1. The van der Waals surface area contributed by atoms with E-state index in [0.29, 0.717) is 17.0 Å². The Hall–Kier alpha value is -2.16. The number of nitrogens with zero attached hydrogens (tertiary/aromatic N) is 1. The number of aromatic nitrogens is 1. The van der Waals surface area contributed by atoms with Crippen molar-refractivity contribution in [3.05, 3.63) is 70.7 Å². The Morgan fingerprint density at radius 2 is 1.82 bits per heavy atom. The molecule has 0 fully saturated rings. The van der Waals surface area contributed by atoms with Crippen LogP contribution in [0.5, 0.6) is 0 Å². The summed E-state index contributed by atoms with van der Waals surface area (Å²) in [5.74, 6) is -0.0409. The minimum atomic E-state index is -0.0409. The topological polar surface area (TPSA) is 44.0 Å². The molecule has 3 nitrogen and oxygen atoms in total. The molecule has 0 aliphatic carbocycles. The van der Waals surface area contributed by atoms with Crippen LogP contribution in [0.4, 0.5) is 0 Å². The third-order valence-electron chi connectivity index (χ3n) is 2.64. The second-order valence-corrected chi connectivity index (χ2v) is 3.92. The average Bonchev–Trinajstić information content (AvgIpc) is 2.36. The minimum Gasteiger partial charge on any atom is -0.618 e. The molecule has 0 atom stereocenters. The molecule has 3 heteroatoms. The Balaban J connectivity index is 2.22. The van der Waals surface area contributed by atoms with E-state index in [9.17, 15) is 10.0 Å². The number of pyridine rings is 1. The summed E-state index contributed by atoms with van der Waals surface area (Å²) in [4.78, 5) is 11.9. The maximum Gasteiger partial charge on any atom is 0.200 e. The van der Waals surface area contributed by atoms with Gasteiger partial charge >= 0.3 is 0 Å². The van der Waals surface area contributed by atoms with Crippen LogP contribution in [0.2, 0.25) is 0 Å². The first kappa shape index (κ1) is 11.3. The molecule has 86 valence electrons. The van der Waals surface area contributed by atoms with Gasteiger partial charge in [-0.1, -0.05) is 30.3 Å². The van der Waals surface area contributed by atoms with Crippen LogP contribution in [0.15, 0.2) is 48.5 Å². The summed E-state index contributed by atoms with van der Waals surface area (Å²) in [6, 6.07) is 14.2. The number of benzene rings is 1. The van der Waals surface area contributed by atoms with Gasteiger partial charge in [0.2, 0.25) is 5.69 Å². The molecule has 0 N–H and O–H groups in total. The zero-order valence-electron chi connectivity index (χ0n) is 9.59. The van der Waals surface area contributed by atoms with Crippen LogP contribution in [0, 0.1) is 12.1 Å². The predicted octanol–water partition coefficient (Wildman–Crippen LogP) is 2.05. The molecule has 1 aromatic heterocycles. The molecule has 0 aliphatic heterocycles. The third kappa shape index (κ3) is 2.50. The fourth-order valence-electron chi connectivity index (χ4n) is 1.68. The third-order valence-corrected chi connectivity index (χ3v) is 2.64. The summed E-state index contributed by atoms with van der Waals surface area (Å²) in [6.07, 6.45) is 0.134. The summed E-state index contributed by atoms with van der Waals surface area (Å²) >= 11 is 0. The van der Waals surface area contributed by atoms with Gasteiger partial charge < -0.3 is 5.21 Å². The number of carbonyl (C=O) groups excluding carboxylic acids is 1. The van der Waals surface area contributed by atoms with Crippen molar-refractivity contribution in [3.63, 3.8) is 0 Å². The van der Waals surface area contributed by atoms with Crippen LogP contribution in [0.1, 0.15) is 21.7 Å². The number of hydrogen-bond acceptors (Lipinski definition) is 2.